The van der Waals surface area contributed by atoms with Crippen molar-refractivity contribution < 1.29 is 19.0 Å². The Morgan fingerprint density at radius 1 is 1.21 bits per heavy atom. The number of benzene rings is 2. The number of rotatable bonds is 4. The van der Waals surface area contributed by atoms with Gasteiger partial charge < -0.3 is 19.1 Å². The van der Waals surface area contributed by atoms with Crippen LogP contribution in [0.5, 0.6) is 17.2 Å². The average molecular weight is 414 g/mol. The number of para-hydroxylation sites is 1. The first-order chi connectivity index (χ1) is 14.0. The second-order valence-corrected chi connectivity index (χ2v) is 7.01. The maximum atomic E-state index is 13.3. The molecule has 0 N–H and O–H groups in total. The van der Waals surface area contributed by atoms with Crippen LogP contribution in [-0.4, -0.2) is 37.0 Å². The number of anilines is 1. The largest absolute Gasteiger partial charge is 0.495 e. The van der Waals surface area contributed by atoms with Gasteiger partial charge >= 0.3 is 0 Å². The van der Waals surface area contributed by atoms with Gasteiger partial charge in [-0.05, 0) is 18.2 Å². The third-order valence-corrected chi connectivity index (χ3v) is 5.28. The molecule has 1 aliphatic heterocycles. The topological polar surface area (TPSA) is 65.8 Å². The van der Waals surface area contributed by atoms with Crippen molar-refractivity contribution in [3.63, 3.8) is 0 Å². The lowest BCUT2D eigenvalue weighted by atomic mass is 10.0. The molecule has 0 aliphatic carbocycles. The Morgan fingerprint density at radius 3 is 2.66 bits per heavy atom. The van der Waals surface area contributed by atoms with E-state index in [0.717, 1.165) is 22.6 Å². The Labute approximate surface area is 173 Å². The molecule has 1 aromatic heterocycles. The van der Waals surface area contributed by atoms with Gasteiger partial charge in [0.05, 0.1) is 30.6 Å². The molecule has 150 valence electrons. The van der Waals surface area contributed by atoms with Crippen LogP contribution in [0, 0.1) is 0 Å². The SMILES string of the molecule is COc1cc(OC)c(N(C)C(=O)c2nn(C)c3c2COc2ccccc2-3)cc1Cl. The molecule has 0 unspecified atom stereocenters. The molecule has 1 aliphatic rings. The lowest BCUT2D eigenvalue weighted by Crippen LogP contribution is -2.28. The van der Waals surface area contributed by atoms with Crippen LogP contribution in [0.3, 0.4) is 0 Å². The summed E-state index contributed by atoms with van der Waals surface area (Å²) in [4.78, 5) is 14.8. The first kappa shape index (κ1) is 19.1. The number of aryl methyl sites for hydroxylation is 1. The van der Waals surface area contributed by atoms with E-state index in [0.29, 0.717) is 27.9 Å². The summed E-state index contributed by atoms with van der Waals surface area (Å²) in [5.74, 6) is 1.42. The second-order valence-electron chi connectivity index (χ2n) is 6.61. The van der Waals surface area contributed by atoms with Crippen LogP contribution in [0.1, 0.15) is 16.1 Å². The van der Waals surface area contributed by atoms with Crippen LogP contribution in [0.25, 0.3) is 11.3 Å². The Bertz CT molecular complexity index is 1110. The van der Waals surface area contributed by atoms with Gasteiger partial charge in [0, 0.05) is 31.3 Å². The highest BCUT2D eigenvalue weighted by atomic mass is 35.5. The van der Waals surface area contributed by atoms with Gasteiger partial charge in [-0.25, -0.2) is 0 Å². The fourth-order valence-electron chi connectivity index (χ4n) is 3.53. The fourth-order valence-corrected chi connectivity index (χ4v) is 3.76. The van der Waals surface area contributed by atoms with Gasteiger partial charge in [0.1, 0.15) is 23.9 Å². The van der Waals surface area contributed by atoms with Gasteiger partial charge in [0.15, 0.2) is 5.69 Å². The highest BCUT2D eigenvalue weighted by molar-refractivity contribution is 6.32. The van der Waals surface area contributed by atoms with Gasteiger partial charge in [-0.3, -0.25) is 9.48 Å². The van der Waals surface area contributed by atoms with Gasteiger partial charge in [0.2, 0.25) is 0 Å². The number of nitrogens with zero attached hydrogens (tertiary/aromatic N) is 3. The number of ether oxygens (including phenoxy) is 3. The first-order valence-corrected chi connectivity index (χ1v) is 9.31. The van der Waals surface area contributed by atoms with Crippen molar-refractivity contribution in [2.24, 2.45) is 7.05 Å². The van der Waals surface area contributed by atoms with E-state index in [1.165, 1.54) is 19.1 Å². The fraction of sp³-hybridized carbons (Fsp3) is 0.238. The van der Waals surface area contributed by atoms with E-state index in [1.807, 2.05) is 31.3 Å². The number of hydrogen-bond acceptors (Lipinski definition) is 5. The lowest BCUT2D eigenvalue weighted by Gasteiger charge is -2.22. The van der Waals surface area contributed by atoms with E-state index in [2.05, 4.69) is 5.10 Å². The maximum absolute atomic E-state index is 13.3. The summed E-state index contributed by atoms with van der Waals surface area (Å²) >= 11 is 6.27. The predicted molar refractivity (Wildman–Crippen MR) is 110 cm³/mol. The standard InChI is InChI=1S/C21H20ClN3O4/c1-24(15-9-14(22)17(27-3)10-18(15)28-4)21(26)19-13-11-29-16-8-6-5-7-12(16)20(13)25(2)23-19/h5-10H,11H2,1-4H3. The zero-order chi connectivity index (χ0) is 20.7. The molecule has 3 aromatic rings. The molecule has 0 fully saturated rings. The molecular formula is C21H20ClN3O4. The molecule has 4 rings (SSSR count). The molecule has 0 atom stereocenters. The van der Waals surface area contributed by atoms with E-state index < -0.39 is 0 Å². The minimum Gasteiger partial charge on any atom is -0.495 e. The monoisotopic (exact) mass is 413 g/mol. The van der Waals surface area contributed by atoms with Gasteiger partial charge in [0.25, 0.3) is 5.91 Å². The minimum atomic E-state index is -0.288. The molecule has 0 bridgehead atoms. The third-order valence-electron chi connectivity index (χ3n) is 4.98. The summed E-state index contributed by atoms with van der Waals surface area (Å²) < 4.78 is 18.2. The van der Waals surface area contributed by atoms with Crippen molar-refractivity contribution in [2.75, 3.05) is 26.2 Å². The summed E-state index contributed by atoms with van der Waals surface area (Å²) in [6.07, 6.45) is 0. The van der Waals surface area contributed by atoms with Gasteiger partial charge in [-0.1, -0.05) is 23.7 Å². The third kappa shape index (κ3) is 3.07. The number of carbonyl (C=O) groups is 1. The summed E-state index contributed by atoms with van der Waals surface area (Å²) in [5.41, 5.74) is 3.38. The molecule has 0 radical (unpaired) electrons. The van der Waals surface area contributed by atoms with Crippen molar-refractivity contribution in [1.29, 1.82) is 0 Å². The van der Waals surface area contributed by atoms with Crippen LogP contribution < -0.4 is 19.1 Å². The van der Waals surface area contributed by atoms with Gasteiger partial charge in [-0.2, -0.15) is 5.10 Å². The number of carbonyl (C=O) groups excluding carboxylic acids is 1. The van der Waals surface area contributed by atoms with Gasteiger partial charge in [-0.15, -0.1) is 0 Å². The predicted octanol–water partition coefficient (Wildman–Crippen LogP) is 3.93. The quantitative estimate of drug-likeness (QED) is 0.648. The second kappa shape index (κ2) is 7.33. The summed E-state index contributed by atoms with van der Waals surface area (Å²) in [6.45, 7) is 0.273. The number of fused-ring (bicyclic) bond motifs is 3. The minimum absolute atomic E-state index is 0.273. The smallest absolute Gasteiger partial charge is 0.279 e. The van der Waals surface area contributed by atoms with Crippen molar-refractivity contribution in [3.05, 3.63) is 52.7 Å². The van der Waals surface area contributed by atoms with Crippen LogP contribution in [0.4, 0.5) is 5.69 Å². The van der Waals surface area contributed by atoms with Crippen LogP contribution in [0.2, 0.25) is 5.02 Å². The number of halogens is 1. The number of methoxy groups -OCH3 is 2. The summed E-state index contributed by atoms with van der Waals surface area (Å²) in [6, 6.07) is 11.0. The van der Waals surface area contributed by atoms with Crippen LogP contribution >= 0.6 is 11.6 Å². The average Bonchev–Trinajstić information content (AvgIpc) is 3.09. The Hall–Kier alpha value is -3.19. The molecule has 1 amide bonds. The zero-order valence-electron chi connectivity index (χ0n) is 16.5. The van der Waals surface area contributed by atoms with E-state index in [-0.39, 0.29) is 12.5 Å². The van der Waals surface area contributed by atoms with E-state index in [4.69, 9.17) is 25.8 Å². The number of aromatic nitrogens is 2. The maximum Gasteiger partial charge on any atom is 0.279 e. The number of hydrogen-bond donors (Lipinski definition) is 0. The molecule has 0 saturated heterocycles. The van der Waals surface area contributed by atoms with Crippen molar-refractivity contribution in [3.8, 4) is 28.5 Å². The van der Waals surface area contributed by atoms with E-state index in [1.54, 1.807) is 23.9 Å². The normalized spacial score (nSPS) is 11.9. The molecule has 0 spiro atoms. The van der Waals surface area contributed by atoms with E-state index in [9.17, 15) is 4.79 Å². The Balaban J connectivity index is 1.77. The van der Waals surface area contributed by atoms with Crippen molar-refractivity contribution >= 4 is 23.2 Å². The van der Waals surface area contributed by atoms with Crippen LogP contribution in [-0.2, 0) is 13.7 Å². The Kier molecular flexibility index (Phi) is 4.84. The van der Waals surface area contributed by atoms with E-state index >= 15 is 0 Å². The zero-order valence-corrected chi connectivity index (χ0v) is 17.3. The van der Waals surface area contributed by atoms with Crippen molar-refractivity contribution in [2.45, 2.75) is 6.61 Å². The highest BCUT2D eigenvalue weighted by Crippen LogP contribution is 2.40. The summed E-state index contributed by atoms with van der Waals surface area (Å²) in [5, 5.41) is 4.87. The van der Waals surface area contributed by atoms with Crippen molar-refractivity contribution in [1.82, 2.24) is 9.78 Å². The first-order valence-electron chi connectivity index (χ1n) is 8.94. The molecule has 8 heteroatoms. The molecule has 0 saturated carbocycles. The molecule has 7 nitrogen and oxygen atoms in total. The highest BCUT2D eigenvalue weighted by Gasteiger charge is 2.31. The number of amides is 1. The lowest BCUT2D eigenvalue weighted by molar-refractivity contribution is 0.0984. The molecule has 29 heavy (non-hydrogen) atoms. The molecule has 2 aromatic carbocycles. The van der Waals surface area contributed by atoms with Crippen LogP contribution in [0.15, 0.2) is 36.4 Å². The summed E-state index contributed by atoms with van der Waals surface area (Å²) in [7, 11) is 6.52. The molecular weight excluding hydrogens is 394 g/mol. The Morgan fingerprint density at radius 2 is 1.93 bits per heavy atom. The molecule has 2 heterocycles.